The lowest BCUT2D eigenvalue weighted by Gasteiger charge is -2.14. The molecule has 0 fully saturated rings. The summed E-state index contributed by atoms with van der Waals surface area (Å²) in [5.41, 5.74) is 1.14. The molecule has 0 unspecified atom stereocenters. The maximum absolute atomic E-state index is 11.7. The molecule has 0 amide bonds. The molecule has 1 rings (SSSR count). The van der Waals surface area contributed by atoms with Crippen molar-refractivity contribution in [2.45, 2.75) is 27.7 Å². The van der Waals surface area contributed by atoms with E-state index < -0.39 is 0 Å². The maximum Gasteiger partial charge on any atom is 0.163 e. The molecule has 0 aromatic heterocycles. The summed E-state index contributed by atoms with van der Waals surface area (Å²) in [7, 11) is 0. The van der Waals surface area contributed by atoms with Gasteiger partial charge in [-0.25, -0.2) is 0 Å². The largest absolute Gasteiger partial charge is 0.512 e. The molecular weight excluding hydrogens is 256 g/mol. The van der Waals surface area contributed by atoms with Crippen LogP contribution in [0.15, 0.2) is 35.8 Å². The molecule has 1 aromatic carbocycles. The van der Waals surface area contributed by atoms with E-state index in [0.29, 0.717) is 11.1 Å². The third-order valence-electron chi connectivity index (χ3n) is 2.89. The standard InChI is InChI=1S/C16H18O4/c1-9(17)15(10(2)18)13-7-5-6-8-14(13)16(11(3)19)12(4)20/h5-8,17,19H,1-4H3/b15-9-,16-11-. The van der Waals surface area contributed by atoms with E-state index in [-0.39, 0.29) is 34.2 Å². The molecule has 0 saturated heterocycles. The van der Waals surface area contributed by atoms with Crippen molar-refractivity contribution in [2.75, 3.05) is 0 Å². The first-order valence-corrected chi connectivity index (χ1v) is 6.18. The van der Waals surface area contributed by atoms with Crippen LogP contribution >= 0.6 is 0 Å². The number of benzene rings is 1. The molecule has 0 radical (unpaired) electrons. The maximum atomic E-state index is 11.7. The molecule has 0 spiro atoms. The number of Topliss-reactive ketones (excluding diaryl/α,β-unsaturated/α-hetero) is 2. The second-order valence-electron chi connectivity index (χ2n) is 4.58. The molecule has 0 aliphatic rings. The number of hydrogen-bond acceptors (Lipinski definition) is 4. The minimum atomic E-state index is -0.309. The van der Waals surface area contributed by atoms with Gasteiger partial charge in [0.25, 0.3) is 0 Å². The summed E-state index contributed by atoms with van der Waals surface area (Å²) in [5, 5.41) is 19.4. The van der Waals surface area contributed by atoms with Gasteiger partial charge in [0.1, 0.15) is 11.5 Å². The molecule has 0 aliphatic carbocycles. The molecule has 0 atom stereocenters. The van der Waals surface area contributed by atoms with E-state index in [0.717, 1.165) is 0 Å². The molecule has 2 N–H and O–H groups in total. The monoisotopic (exact) mass is 274 g/mol. The lowest BCUT2D eigenvalue weighted by atomic mass is 9.90. The second kappa shape index (κ2) is 6.19. The highest BCUT2D eigenvalue weighted by Gasteiger charge is 2.20. The van der Waals surface area contributed by atoms with Crippen LogP contribution in [-0.2, 0) is 9.59 Å². The van der Waals surface area contributed by atoms with Gasteiger partial charge in [0, 0.05) is 0 Å². The fourth-order valence-electron chi connectivity index (χ4n) is 2.20. The van der Waals surface area contributed by atoms with Gasteiger partial charge in [-0.05, 0) is 38.8 Å². The van der Waals surface area contributed by atoms with E-state index in [4.69, 9.17) is 0 Å². The summed E-state index contributed by atoms with van der Waals surface area (Å²) in [6.07, 6.45) is 0. The van der Waals surface area contributed by atoms with Gasteiger partial charge in [-0.15, -0.1) is 0 Å². The molecular formula is C16H18O4. The van der Waals surface area contributed by atoms with Crippen molar-refractivity contribution in [1.29, 1.82) is 0 Å². The van der Waals surface area contributed by atoms with Crippen molar-refractivity contribution in [3.63, 3.8) is 0 Å². The summed E-state index contributed by atoms with van der Waals surface area (Å²) in [6.45, 7) is 5.51. The highest BCUT2D eigenvalue weighted by atomic mass is 16.3. The average Bonchev–Trinajstić information content (AvgIpc) is 2.29. The summed E-state index contributed by atoms with van der Waals surface area (Å²) >= 11 is 0. The van der Waals surface area contributed by atoms with Crippen molar-refractivity contribution < 1.29 is 19.8 Å². The van der Waals surface area contributed by atoms with Crippen LogP contribution in [0.1, 0.15) is 38.8 Å². The molecule has 4 nitrogen and oxygen atoms in total. The Kier molecular flexibility index (Phi) is 4.86. The van der Waals surface area contributed by atoms with Crippen LogP contribution in [0.5, 0.6) is 0 Å². The van der Waals surface area contributed by atoms with Crippen LogP contribution in [0.4, 0.5) is 0 Å². The summed E-state index contributed by atoms with van der Waals surface area (Å²) in [4.78, 5) is 23.4. The predicted molar refractivity (Wildman–Crippen MR) is 78.2 cm³/mol. The van der Waals surface area contributed by atoms with E-state index in [2.05, 4.69) is 0 Å². The van der Waals surface area contributed by atoms with E-state index >= 15 is 0 Å². The first-order valence-electron chi connectivity index (χ1n) is 6.18. The molecule has 0 bridgehead atoms. The average molecular weight is 274 g/mol. The zero-order chi connectivity index (χ0) is 15.4. The van der Waals surface area contributed by atoms with Crippen LogP contribution in [0.2, 0.25) is 0 Å². The number of aliphatic hydroxyl groups is 2. The molecule has 1 aromatic rings. The SMILES string of the molecule is CC(=O)/C(=C(\C)O)c1ccccc1/C(C(C)=O)=C(/C)O. The topological polar surface area (TPSA) is 74.6 Å². The highest BCUT2D eigenvalue weighted by Crippen LogP contribution is 2.29. The van der Waals surface area contributed by atoms with Gasteiger partial charge in [0.15, 0.2) is 11.6 Å². The summed E-state index contributed by atoms with van der Waals surface area (Å²) in [6, 6.07) is 6.68. The Labute approximate surface area is 118 Å². The zero-order valence-electron chi connectivity index (χ0n) is 12.0. The van der Waals surface area contributed by atoms with Crippen molar-refractivity contribution in [3.05, 3.63) is 46.9 Å². The van der Waals surface area contributed by atoms with Crippen molar-refractivity contribution in [2.24, 2.45) is 0 Å². The lowest BCUT2D eigenvalue weighted by molar-refractivity contribution is -0.112. The fraction of sp³-hybridized carbons (Fsp3) is 0.250. The Morgan fingerprint density at radius 2 is 1.05 bits per heavy atom. The Morgan fingerprint density at radius 3 is 1.25 bits per heavy atom. The zero-order valence-corrected chi connectivity index (χ0v) is 12.0. The van der Waals surface area contributed by atoms with Crippen molar-refractivity contribution in [3.8, 4) is 0 Å². The Bertz CT molecular complexity index is 558. The Hall–Kier alpha value is -2.36. The summed E-state index contributed by atoms with van der Waals surface area (Å²) < 4.78 is 0. The lowest BCUT2D eigenvalue weighted by Crippen LogP contribution is -2.07. The van der Waals surface area contributed by atoms with Gasteiger partial charge in [-0.1, -0.05) is 24.3 Å². The van der Waals surface area contributed by atoms with Crippen LogP contribution < -0.4 is 0 Å². The summed E-state index contributed by atoms with van der Waals surface area (Å²) in [5.74, 6) is -0.862. The van der Waals surface area contributed by atoms with Gasteiger partial charge >= 0.3 is 0 Å². The second-order valence-corrected chi connectivity index (χ2v) is 4.58. The van der Waals surface area contributed by atoms with Crippen molar-refractivity contribution in [1.82, 2.24) is 0 Å². The predicted octanol–water partition coefficient (Wildman–Crippen LogP) is 3.44. The van der Waals surface area contributed by atoms with Crippen LogP contribution in [0.25, 0.3) is 11.1 Å². The normalized spacial score (nSPS) is 13.4. The number of rotatable bonds is 4. The number of carbonyl (C=O) groups is 2. The third-order valence-corrected chi connectivity index (χ3v) is 2.89. The van der Waals surface area contributed by atoms with E-state index in [1.54, 1.807) is 24.3 Å². The Balaban J connectivity index is 3.70. The van der Waals surface area contributed by atoms with Gasteiger partial charge in [0.2, 0.25) is 0 Å². The minimum absolute atomic E-state index is 0.122. The Morgan fingerprint density at radius 1 is 0.750 bits per heavy atom. The number of ketones is 2. The minimum Gasteiger partial charge on any atom is -0.512 e. The smallest absolute Gasteiger partial charge is 0.163 e. The molecule has 106 valence electrons. The van der Waals surface area contributed by atoms with Gasteiger partial charge in [-0.3, -0.25) is 9.59 Å². The van der Waals surface area contributed by atoms with Crippen molar-refractivity contribution >= 4 is 22.7 Å². The van der Waals surface area contributed by atoms with Gasteiger partial charge in [0.05, 0.1) is 11.1 Å². The van der Waals surface area contributed by atoms with Gasteiger partial charge < -0.3 is 10.2 Å². The van der Waals surface area contributed by atoms with E-state index in [1.165, 1.54) is 27.7 Å². The molecule has 0 saturated carbocycles. The first-order chi connectivity index (χ1) is 9.27. The number of hydrogen-bond donors (Lipinski definition) is 2. The molecule has 20 heavy (non-hydrogen) atoms. The third kappa shape index (κ3) is 3.15. The molecule has 0 aliphatic heterocycles. The van der Waals surface area contributed by atoms with Crippen LogP contribution in [0.3, 0.4) is 0 Å². The van der Waals surface area contributed by atoms with Crippen LogP contribution in [-0.4, -0.2) is 21.8 Å². The molecule has 0 heterocycles. The highest BCUT2D eigenvalue weighted by molar-refractivity contribution is 6.25. The molecule has 4 heteroatoms. The van der Waals surface area contributed by atoms with Gasteiger partial charge in [-0.2, -0.15) is 0 Å². The number of carbonyl (C=O) groups excluding carboxylic acids is 2. The van der Waals surface area contributed by atoms with E-state index in [1.807, 2.05) is 0 Å². The fourth-order valence-corrected chi connectivity index (χ4v) is 2.20. The first kappa shape index (κ1) is 15.7. The van der Waals surface area contributed by atoms with E-state index in [9.17, 15) is 19.8 Å². The quantitative estimate of drug-likeness (QED) is 0.651. The number of aliphatic hydroxyl groups excluding tert-OH is 2. The van der Waals surface area contributed by atoms with Crippen LogP contribution in [0, 0.1) is 0 Å². The number of allylic oxidation sites excluding steroid dienone is 4.